The van der Waals surface area contributed by atoms with Crippen LogP contribution in [0, 0.1) is 0 Å². The minimum Gasteiger partial charge on any atom is -0.383 e. The summed E-state index contributed by atoms with van der Waals surface area (Å²) in [7, 11) is 0. The first-order valence-electron chi connectivity index (χ1n) is 8.27. The smallest absolute Gasteiger partial charge is 0.268 e. The van der Waals surface area contributed by atoms with Gasteiger partial charge in [-0.05, 0) is 38.5 Å². The lowest BCUT2D eigenvalue weighted by Crippen LogP contribution is -2.33. The number of nitrogens with zero attached hydrogens (tertiary/aromatic N) is 2. The third-order valence-electron chi connectivity index (χ3n) is 5.21. The highest BCUT2D eigenvalue weighted by molar-refractivity contribution is 5.48. The van der Waals surface area contributed by atoms with Gasteiger partial charge in [-0.25, -0.2) is 4.68 Å². The molecular weight excluding hydrogens is 266 g/mol. The Morgan fingerprint density at radius 1 is 1.33 bits per heavy atom. The summed E-state index contributed by atoms with van der Waals surface area (Å²) in [5.41, 5.74) is 2.06. The minimum absolute atomic E-state index is 0.0147. The van der Waals surface area contributed by atoms with Crippen LogP contribution in [-0.2, 0) is 17.7 Å². The first-order chi connectivity index (χ1) is 10.2. The Kier molecular flexibility index (Phi) is 3.25. The van der Waals surface area contributed by atoms with E-state index in [-0.39, 0.29) is 17.3 Å². The summed E-state index contributed by atoms with van der Waals surface area (Å²) in [5.74, 6) is 0. The van der Waals surface area contributed by atoms with Crippen molar-refractivity contribution in [3.05, 3.63) is 22.1 Å². The summed E-state index contributed by atoms with van der Waals surface area (Å²) in [6, 6.07) is 1.70. The lowest BCUT2D eigenvalue weighted by atomic mass is 9.98. The van der Waals surface area contributed by atoms with E-state index in [2.05, 4.69) is 10.4 Å². The summed E-state index contributed by atoms with van der Waals surface area (Å²) in [4.78, 5) is 12.2. The highest BCUT2D eigenvalue weighted by atomic mass is 16.5. The second-order valence-corrected chi connectivity index (χ2v) is 6.72. The summed E-state index contributed by atoms with van der Waals surface area (Å²) >= 11 is 0. The Bertz CT molecular complexity index is 590. The van der Waals surface area contributed by atoms with Crippen LogP contribution < -0.4 is 10.9 Å². The fraction of sp³-hybridized carbons (Fsp3) is 0.750. The van der Waals surface area contributed by atoms with E-state index in [9.17, 15) is 4.79 Å². The highest BCUT2D eigenvalue weighted by Gasteiger charge is 2.42. The van der Waals surface area contributed by atoms with Crippen LogP contribution in [0.4, 0.5) is 5.69 Å². The molecule has 0 bridgehead atoms. The molecule has 114 valence electrons. The van der Waals surface area contributed by atoms with Gasteiger partial charge in [0.15, 0.2) is 0 Å². The fourth-order valence-electron chi connectivity index (χ4n) is 4.08. The number of aromatic nitrogens is 2. The molecule has 1 saturated carbocycles. The lowest BCUT2D eigenvalue weighted by molar-refractivity contribution is -0.0434. The Morgan fingerprint density at radius 2 is 2.19 bits per heavy atom. The van der Waals surface area contributed by atoms with Crippen LogP contribution in [0.5, 0.6) is 0 Å². The summed E-state index contributed by atoms with van der Waals surface area (Å²) in [6.07, 6.45) is 9.37. The monoisotopic (exact) mass is 289 g/mol. The lowest BCUT2D eigenvalue weighted by Gasteiger charge is -2.24. The van der Waals surface area contributed by atoms with Crippen LogP contribution in [0.15, 0.2) is 10.9 Å². The predicted molar refractivity (Wildman–Crippen MR) is 80.6 cm³/mol. The maximum absolute atomic E-state index is 12.2. The summed E-state index contributed by atoms with van der Waals surface area (Å²) < 4.78 is 7.91. The third kappa shape index (κ3) is 2.48. The Balaban J connectivity index is 1.51. The second kappa shape index (κ2) is 5.13. The SMILES string of the molecule is O=c1cc2c(nn1CC1CCC3(CCCC3)O1)CCCN2. The van der Waals surface area contributed by atoms with Crippen LogP contribution in [0.2, 0.25) is 0 Å². The van der Waals surface area contributed by atoms with Crippen molar-refractivity contribution in [1.29, 1.82) is 0 Å². The molecule has 1 aliphatic carbocycles. The summed E-state index contributed by atoms with van der Waals surface area (Å²) in [6.45, 7) is 1.54. The van der Waals surface area contributed by atoms with Crippen LogP contribution in [0.3, 0.4) is 0 Å². The van der Waals surface area contributed by atoms with E-state index in [4.69, 9.17) is 4.74 Å². The number of rotatable bonds is 2. The minimum atomic E-state index is -0.0147. The number of hydrogen-bond acceptors (Lipinski definition) is 4. The number of nitrogens with one attached hydrogen (secondary N) is 1. The van der Waals surface area contributed by atoms with Gasteiger partial charge in [0.25, 0.3) is 5.56 Å². The van der Waals surface area contributed by atoms with Gasteiger partial charge >= 0.3 is 0 Å². The average molecular weight is 289 g/mol. The first-order valence-corrected chi connectivity index (χ1v) is 8.27. The van der Waals surface area contributed by atoms with Gasteiger partial charge in [-0.2, -0.15) is 5.10 Å². The standard InChI is InChI=1S/C16H23N3O2/c20-15-10-14-13(4-3-9-17-14)18-19(15)11-12-5-8-16(21-12)6-1-2-7-16/h10,12,17H,1-9,11H2. The quantitative estimate of drug-likeness (QED) is 0.906. The third-order valence-corrected chi connectivity index (χ3v) is 5.21. The van der Waals surface area contributed by atoms with E-state index in [0.29, 0.717) is 6.54 Å². The van der Waals surface area contributed by atoms with Gasteiger partial charge in [-0.15, -0.1) is 0 Å². The van der Waals surface area contributed by atoms with Crippen LogP contribution in [-0.4, -0.2) is 28.0 Å². The normalized spacial score (nSPS) is 26.8. The van der Waals surface area contributed by atoms with E-state index < -0.39 is 0 Å². The molecule has 1 saturated heterocycles. The van der Waals surface area contributed by atoms with Gasteiger partial charge in [-0.3, -0.25) is 4.79 Å². The molecule has 1 unspecified atom stereocenters. The number of aryl methyl sites for hydroxylation is 1. The molecule has 5 heteroatoms. The number of fused-ring (bicyclic) bond motifs is 1. The number of anilines is 1. The van der Waals surface area contributed by atoms with Gasteiger partial charge in [0.1, 0.15) is 0 Å². The van der Waals surface area contributed by atoms with Crippen molar-refractivity contribution >= 4 is 5.69 Å². The Hall–Kier alpha value is -1.36. The van der Waals surface area contributed by atoms with Crippen molar-refractivity contribution in [3.63, 3.8) is 0 Å². The zero-order valence-electron chi connectivity index (χ0n) is 12.4. The van der Waals surface area contributed by atoms with Crippen LogP contribution in [0.1, 0.15) is 50.6 Å². The summed E-state index contributed by atoms with van der Waals surface area (Å²) in [5, 5.41) is 7.81. The van der Waals surface area contributed by atoms with Crippen LogP contribution in [0.25, 0.3) is 0 Å². The van der Waals surface area contributed by atoms with E-state index >= 15 is 0 Å². The number of hydrogen-bond donors (Lipinski definition) is 1. The molecule has 2 fully saturated rings. The molecule has 0 aromatic carbocycles. The molecule has 1 spiro atoms. The number of ether oxygens (including phenoxy) is 1. The molecule has 1 atom stereocenters. The average Bonchev–Trinajstić information content (AvgIpc) is 3.10. The molecule has 5 nitrogen and oxygen atoms in total. The van der Waals surface area contributed by atoms with E-state index in [1.807, 2.05) is 0 Å². The van der Waals surface area contributed by atoms with Gasteiger partial charge in [-0.1, -0.05) is 12.8 Å². The topological polar surface area (TPSA) is 56.2 Å². The van der Waals surface area contributed by atoms with Crippen LogP contribution >= 0.6 is 0 Å². The molecule has 4 rings (SSSR count). The van der Waals surface area contributed by atoms with E-state index in [0.717, 1.165) is 43.6 Å². The van der Waals surface area contributed by atoms with Crippen molar-refractivity contribution in [2.75, 3.05) is 11.9 Å². The van der Waals surface area contributed by atoms with Gasteiger partial charge < -0.3 is 10.1 Å². The zero-order valence-corrected chi connectivity index (χ0v) is 12.4. The zero-order chi connectivity index (χ0) is 14.3. The predicted octanol–water partition coefficient (Wildman–Crippen LogP) is 2.09. The van der Waals surface area contributed by atoms with E-state index in [1.54, 1.807) is 10.7 Å². The molecule has 3 aliphatic rings. The molecule has 0 amide bonds. The van der Waals surface area contributed by atoms with Gasteiger partial charge in [0, 0.05) is 12.6 Å². The molecule has 1 aromatic heterocycles. The molecule has 21 heavy (non-hydrogen) atoms. The highest BCUT2D eigenvalue weighted by Crippen LogP contribution is 2.43. The largest absolute Gasteiger partial charge is 0.383 e. The Morgan fingerprint density at radius 3 is 3.05 bits per heavy atom. The molecule has 1 N–H and O–H groups in total. The first kappa shape index (κ1) is 13.3. The van der Waals surface area contributed by atoms with Crippen molar-refractivity contribution in [3.8, 4) is 0 Å². The van der Waals surface area contributed by atoms with Gasteiger partial charge in [0.05, 0.1) is 29.6 Å². The van der Waals surface area contributed by atoms with Crippen molar-refractivity contribution in [2.45, 2.75) is 69.6 Å². The molecule has 0 radical (unpaired) electrons. The van der Waals surface area contributed by atoms with E-state index in [1.165, 1.54) is 25.7 Å². The van der Waals surface area contributed by atoms with Gasteiger partial charge in [0.2, 0.25) is 0 Å². The molecular formula is C16H23N3O2. The van der Waals surface area contributed by atoms with Crippen molar-refractivity contribution in [2.24, 2.45) is 0 Å². The maximum atomic E-state index is 12.2. The maximum Gasteiger partial charge on any atom is 0.268 e. The fourth-order valence-corrected chi connectivity index (χ4v) is 4.08. The molecule has 2 aliphatic heterocycles. The molecule has 3 heterocycles. The van der Waals surface area contributed by atoms with Crippen molar-refractivity contribution in [1.82, 2.24) is 9.78 Å². The molecule has 1 aromatic rings. The van der Waals surface area contributed by atoms with Crippen molar-refractivity contribution < 1.29 is 4.74 Å². The Labute approximate surface area is 124 Å². The second-order valence-electron chi connectivity index (χ2n) is 6.72.